The number of non-ortho nitro benzene ring substituents is 1. The number of nitrogens with zero attached hydrogens (tertiary/aromatic N) is 2. The third-order valence-electron chi connectivity index (χ3n) is 5.34. The van der Waals surface area contributed by atoms with Crippen molar-refractivity contribution in [1.29, 1.82) is 0 Å². The van der Waals surface area contributed by atoms with Crippen LogP contribution in [0.5, 0.6) is 0 Å². The average Bonchev–Trinajstić information content (AvgIpc) is 3.17. The molecule has 0 saturated carbocycles. The number of aryl methyl sites for hydroxylation is 1. The molecule has 1 aliphatic carbocycles. The van der Waals surface area contributed by atoms with Gasteiger partial charge in [0.25, 0.3) is 17.5 Å². The summed E-state index contributed by atoms with van der Waals surface area (Å²) in [4.78, 5) is 35.6. The fourth-order valence-corrected chi connectivity index (χ4v) is 4.02. The van der Waals surface area contributed by atoms with E-state index in [9.17, 15) is 19.7 Å². The van der Waals surface area contributed by atoms with E-state index < -0.39 is 16.7 Å². The number of carbonyl (C=O) groups is 2. The molecule has 9 nitrogen and oxygen atoms in total. The maximum atomic E-state index is 12.9. The lowest BCUT2D eigenvalue weighted by Crippen LogP contribution is -2.22. The van der Waals surface area contributed by atoms with Crippen molar-refractivity contribution in [3.8, 4) is 0 Å². The third-order valence-corrected chi connectivity index (χ3v) is 5.91. The molecule has 1 aliphatic rings. The second kappa shape index (κ2) is 9.66. The van der Waals surface area contributed by atoms with Crippen LogP contribution in [0.4, 0.5) is 11.4 Å². The summed E-state index contributed by atoms with van der Waals surface area (Å²) in [5, 5.41) is 18.5. The van der Waals surface area contributed by atoms with Gasteiger partial charge in [0.15, 0.2) is 5.76 Å². The van der Waals surface area contributed by atoms with Gasteiger partial charge in [-0.1, -0.05) is 23.2 Å². The van der Waals surface area contributed by atoms with Gasteiger partial charge in [0, 0.05) is 40.3 Å². The maximum Gasteiger partial charge on any atom is 0.291 e. The van der Waals surface area contributed by atoms with E-state index in [1.54, 1.807) is 25.1 Å². The monoisotopic (exact) mass is 500 g/mol. The number of nitrogens with one attached hydrogen (secondary N) is 2. The van der Waals surface area contributed by atoms with Gasteiger partial charge >= 0.3 is 0 Å². The minimum absolute atomic E-state index is 0.112. The zero-order valence-electron chi connectivity index (χ0n) is 17.9. The Morgan fingerprint density at radius 1 is 1.09 bits per heavy atom. The number of hydrazone groups is 1. The normalized spacial score (nSPS) is 13.9. The van der Waals surface area contributed by atoms with Crippen LogP contribution in [0, 0.1) is 17.0 Å². The van der Waals surface area contributed by atoms with Gasteiger partial charge in [-0.25, -0.2) is 5.43 Å². The Bertz CT molecular complexity index is 1330. The van der Waals surface area contributed by atoms with Crippen LogP contribution in [0.2, 0.25) is 10.0 Å². The third kappa shape index (κ3) is 4.80. The van der Waals surface area contributed by atoms with Crippen molar-refractivity contribution >= 4 is 52.1 Å². The molecule has 4 rings (SSSR count). The first-order chi connectivity index (χ1) is 16.2. The molecule has 0 fully saturated rings. The number of amides is 2. The number of nitro groups is 1. The average molecular weight is 501 g/mol. The fraction of sp³-hybridized carbons (Fsp3) is 0.174. The molecule has 1 aromatic heterocycles. The van der Waals surface area contributed by atoms with E-state index in [-0.39, 0.29) is 17.0 Å². The Morgan fingerprint density at radius 3 is 2.53 bits per heavy atom. The summed E-state index contributed by atoms with van der Waals surface area (Å²) in [6.45, 7) is 1.75. The molecule has 0 bridgehead atoms. The molecule has 2 aromatic carbocycles. The first kappa shape index (κ1) is 23.5. The summed E-state index contributed by atoms with van der Waals surface area (Å²) in [5.41, 5.74) is 4.81. The fourth-order valence-electron chi connectivity index (χ4n) is 3.69. The summed E-state index contributed by atoms with van der Waals surface area (Å²) in [6, 6.07) is 9.94. The predicted octanol–water partition coefficient (Wildman–Crippen LogP) is 5.53. The molecule has 2 amide bonds. The van der Waals surface area contributed by atoms with Crippen LogP contribution in [0.3, 0.4) is 0 Å². The number of halogens is 2. The number of benzene rings is 2. The lowest BCUT2D eigenvalue weighted by atomic mass is 9.93. The minimum Gasteiger partial charge on any atom is -0.455 e. The molecule has 1 heterocycles. The minimum atomic E-state index is -0.540. The zero-order valence-corrected chi connectivity index (χ0v) is 19.4. The highest BCUT2D eigenvalue weighted by atomic mass is 35.5. The number of hydrogen-bond acceptors (Lipinski definition) is 6. The van der Waals surface area contributed by atoms with E-state index in [0.717, 1.165) is 6.42 Å². The van der Waals surface area contributed by atoms with Crippen LogP contribution in [0.15, 0.2) is 52.0 Å². The van der Waals surface area contributed by atoms with E-state index in [4.69, 9.17) is 27.6 Å². The number of rotatable bonds is 5. The number of anilines is 1. The van der Waals surface area contributed by atoms with E-state index in [0.29, 0.717) is 51.2 Å². The van der Waals surface area contributed by atoms with Crippen molar-refractivity contribution in [2.75, 3.05) is 5.32 Å². The largest absolute Gasteiger partial charge is 0.455 e. The Kier molecular flexibility index (Phi) is 6.67. The Morgan fingerprint density at radius 2 is 1.82 bits per heavy atom. The van der Waals surface area contributed by atoms with Gasteiger partial charge < -0.3 is 9.73 Å². The van der Waals surface area contributed by atoms with Gasteiger partial charge in [-0.05, 0) is 50.1 Å². The van der Waals surface area contributed by atoms with Crippen LogP contribution < -0.4 is 10.7 Å². The first-order valence-electron chi connectivity index (χ1n) is 10.2. The number of furan rings is 1. The summed E-state index contributed by atoms with van der Waals surface area (Å²) < 4.78 is 5.85. The van der Waals surface area contributed by atoms with Crippen LogP contribution in [-0.2, 0) is 6.42 Å². The number of nitro benzene ring substituents is 1. The molecular formula is C23H18Cl2N4O5. The molecule has 0 aliphatic heterocycles. The van der Waals surface area contributed by atoms with Gasteiger partial charge in [-0.15, -0.1) is 0 Å². The zero-order chi connectivity index (χ0) is 24.4. The molecule has 0 atom stereocenters. The molecule has 174 valence electrons. The summed E-state index contributed by atoms with van der Waals surface area (Å²) in [7, 11) is 0. The van der Waals surface area contributed by atoms with E-state index >= 15 is 0 Å². The molecule has 0 saturated heterocycles. The topological polar surface area (TPSA) is 127 Å². The van der Waals surface area contributed by atoms with Crippen LogP contribution in [0.1, 0.15) is 50.6 Å². The van der Waals surface area contributed by atoms with Gasteiger partial charge in [0.2, 0.25) is 0 Å². The lowest BCUT2D eigenvalue weighted by Gasteiger charge is -2.13. The van der Waals surface area contributed by atoms with E-state index in [2.05, 4.69) is 15.8 Å². The Balaban J connectivity index is 1.55. The summed E-state index contributed by atoms with van der Waals surface area (Å²) in [5.74, 6) is -0.263. The highest BCUT2D eigenvalue weighted by molar-refractivity contribution is 6.35. The van der Waals surface area contributed by atoms with Crippen molar-refractivity contribution in [3.05, 3.63) is 90.8 Å². The van der Waals surface area contributed by atoms with Crippen molar-refractivity contribution < 1.29 is 18.9 Å². The van der Waals surface area contributed by atoms with Crippen molar-refractivity contribution in [1.82, 2.24) is 5.43 Å². The highest BCUT2D eigenvalue weighted by Gasteiger charge is 2.28. The predicted molar refractivity (Wildman–Crippen MR) is 128 cm³/mol. The molecule has 0 spiro atoms. The molecule has 3 aromatic rings. The van der Waals surface area contributed by atoms with Gasteiger partial charge in [-0.3, -0.25) is 19.7 Å². The summed E-state index contributed by atoms with van der Waals surface area (Å²) >= 11 is 12.1. The second-order valence-corrected chi connectivity index (χ2v) is 8.43. The van der Waals surface area contributed by atoms with Gasteiger partial charge in [-0.2, -0.15) is 5.10 Å². The van der Waals surface area contributed by atoms with Crippen molar-refractivity contribution in [2.24, 2.45) is 5.10 Å². The summed E-state index contributed by atoms with van der Waals surface area (Å²) in [6.07, 6.45) is 1.93. The molecule has 2 N–H and O–H groups in total. The SMILES string of the molecule is Cc1c(C(=O)Nc2cc(Cl)ccc2Cl)oc2c1/C(=N/NC(=O)c1ccc([N+](=O)[O-])cc1)CCC2. The quantitative estimate of drug-likeness (QED) is 0.351. The van der Waals surface area contributed by atoms with Crippen molar-refractivity contribution in [2.45, 2.75) is 26.2 Å². The molecule has 34 heavy (non-hydrogen) atoms. The smallest absolute Gasteiger partial charge is 0.291 e. The van der Waals surface area contributed by atoms with E-state index in [1.165, 1.54) is 24.3 Å². The lowest BCUT2D eigenvalue weighted by molar-refractivity contribution is -0.384. The highest BCUT2D eigenvalue weighted by Crippen LogP contribution is 2.31. The van der Waals surface area contributed by atoms with Gasteiger partial charge in [0.05, 0.1) is 21.3 Å². The second-order valence-electron chi connectivity index (χ2n) is 7.59. The first-order valence-corrected chi connectivity index (χ1v) is 11.0. The van der Waals surface area contributed by atoms with Crippen molar-refractivity contribution in [3.63, 3.8) is 0 Å². The van der Waals surface area contributed by atoms with E-state index in [1.807, 2.05) is 0 Å². The molecule has 0 unspecified atom stereocenters. The Hall–Kier alpha value is -3.69. The van der Waals surface area contributed by atoms with Crippen LogP contribution >= 0.6 is 23.2 Å². The Labute approximate surface area is 203 Å². The molecule has 11 heteroatoms. The maximum absolute atomic E-state index is 12.9. The van der Waals surface area contributed by atoms with Gasteiger partial charge in [0.1, 0.15) is 5.76 Å². The number of hydrogen-bond donors (Lipinski definition) is 2. The van der Waals surface area contributed by atoms with Crippen LogP contribution in [0.25, 0.3) is 0 Å². The standard InChI is InChI=1S/C23H18Cl2N4O5/c1-12-20-17(27-28-22(30)13-5-8-15(9-6-13)29(32)33)3-2-4-19(20)34-21(12)23(31)26-18-11-14(24)7-10-16(18)25/h5-11H,2-4H2,1H3,(H,26,31)(H,28,30)/b27-17+. The number of carbonyl (C=O) groups excluding carboxylic acids is 2. The number of fused-ring (bicyclic) bond motifs is 1. The molecule has 0 radical (unpaired) electrons. The van der Waals surface area contributed by atoms with Crippen LogP contribution in [-0.4, -0.2) is 22.4 Å². The molecular weight excluding hydrogens is 483 g/mol.